The number of rotatable bonds is 9. The first-order valence-electron chi connectivity index (χ1n) is 7.93. The molecule has 4 heteroatoms. The number of unbranched alkanes of at least 4 members (excludes halogenated alkanes) is 1. The maximum Gasteiger partial charge on any atom is 0.305 e. The number of carbonyl (C=O) groups is 2. The van der Waals surface area contributed by atoms with Crippen molar-refractivity contribution >= 4 is 11.9 Å². The zero-order valence-corrected chi connectivity index (χ0v) is 13.7. The van der Waals surface area contributed by atoms with Crippen molar-refractivity contribution in [2.45, 2.75) is 65.2 Å². The maximum atomic E-state index is 11.4. The molecule has 22 heavy (non-hydrogen) atoms. The molecule has 0 aromatic heterocycles. The van der Waals surface area contributed by atoms with Crippen molar-refractivity contribution in [1.82, 2.24) is 0 Å². The summed E-state index contributed by atoms with van der Waals surface area (Å²) in [6.45, 7) is 4.63. The van der Waals surface area contributed by atoms with Crippen LogP contribution in [0.15, 0.2) is 0 Å². The van der Waals surface area contributed by atoms with Gasteiger partial charge in [-0.05, 0) is 12.8 Å². The van der Waals surface area contributed by atoms with Crippen LogP contribution in [-0.2, 0) is 19.1 Å². The van der Waals surface area contributed by atoms with Crippen LogP contribution < -0.4 is 0 Å². The number of hydrogen-bond donors (Lipinski definition) is 0. The van der Waals surface area contributed by atoms with Crippen LogP contribution in [0.5, 0.6) is 0 Å². The van der Waals surface area contributed by atoms with E-state index in [1.807, 2.05) is 13.8 Å². The lowest BCUT2D eigenvalue weighted by Crippen LogP contribution is -2.07. The zero-order valence-electron chi connectivity index (χ0n) is 13.7. The highest BCUT2D eigenvalue weighted by atomic mass is 16.5. The van der Waals surface area contributed by atoms with Gasteiger partial charge in [-0.15, -0.1) is 11.8 Å². The molecule has 122 valence electrons. The molecule has 0 saturated carbocycles. The van der Waals surface area contributed by atoms with Crippen LogP contribution in [-0.4, -0.2) is 25.2 Å². The lowest BCUT2D eigenvalue weighted by molar-refractivity contribution is -0.145. The van der Waals surface area contributed by atoms with Gasteiger partial charge in [0.25, 0.3) is 0 Å². The molecule has 0 aliphatic heterocycles. The normalized spacial score (nSPS) is 9.00. The molecule has 0 rings (SSSR count). The first-order chi connectivity index (χ1) is 10.7. The second-order valence-corrected chi connectivity index (χ2v) is 4.56. The lowest BCUT2D eigenvalue weighted by Gasteiger charge is -2.03. The molecule has 0 aromatic rings. The first kappa shape index (κ1) is 20.1. The molecule has 0 unspecified atom stereocenters. The average molecular weight is 306 g/mol. The van der Waals surface area contributed by atoms with Gasteiger partial charge in [0.15, 0.2) is 0 Å². The Morgan fingerprint density at radius 1 is 0.727 bits per heavy atom. The molecule has 0 bridgehead atoms. The number of carbonyl (C=O) groups excluding carboxylic acids is 2. The van der Waals surface area contributed by atoms with Gasteiger partial charge in [0.05, 0.1) is 0 Å². The topological polar surface area (TPSA) is 52.6 Å². The highest BCUT2D eigenvalue weighted by Gasteiger charge is 2.05. The highest BCUT2D eigenvalue weighted by Crippen LogP contribution is 2.03. The minimum atomic E-state index is -0.235. The molecule has 0 radical (unpaired) electrons. The zero-order chi connectivity index (χ0) is 16.5. The van der Waals surface area contributed by atoms with Gasteiger partial charge in [-0.25, -0.2) is 0 Å². The van der Waals surface area contributed by atoms with Crippen molar-refractivity contribution in [2.75, 3.05) is 13.2 Å². The van der Waals surface area contributed by atoms with Crippen LogP contribution in [0.3, 0.4) is 0 Å². The third-order valence-corrected chi connectivity index (χ3v) is 2.60. The molecular weight excluding hydrogens is 280 g/mol. The minimum absolute atomic E-state index is 0.235. The predicted molar refractivity (Wildman–Crippen MR) is 85.8 cm³/mol. The summed E-state index contributed by atoms with van der Waals surface area (Å²) in [5.41, 5.74) is 0. The molecule has 0 spiro atoms. The molecule has 0 amide bonds. The molecule has 0 aromatic carbocycles. The molecule has 0 N–H and O–H groups in total. The van der Waals surface area contributed by atoms with Crippen LogP contribution in [0, 0.1) is 23.7 Å². The fraction of sp³-hybridized carbons (Fsp3) is 0.667. The molecule has 0 saturated heterocycles. The molecule has 0 fully saturated rings. The Hall–Kier alpha value is -1.94. The van der Waals surface area contributed by atoms with Gasteiger partial charge in [0.2, 0.25) is 0 Å². The van der Waals surface area contributed by atoms with E-state index in [4.69, 9.17) is 9.47 Å². The number of esters is 2. The van der Waals surface area contributed by atoms with Gasteiger partial charge in [-0.1, -0.05) is 25.7 Å². The Bertz CT molecular complexity index is 389. The molecule has 0 atom stereocenters. The molecule has 0 aliphatic carbocycles. The van der Waals surface area contributed by atoms with Crippen molar-refractivity contribution in [3.63, 3.8) is 0 Å². The van der Waals surface area contributed by atoms with E-state index in [-0.39, 0.29) is 11.9 Å². The molecule has 0 heterocycles. The van der Waals surface area contributed by atoms with Gasteiger partial charge in [-0.3, -0.25) is 9.59 Å². The summed E-state index contributed by atoms with van der Waals surface area (Å²) in [6, 6.07) is 0. The van der Waals surface area contributed by atoms with E-state index in [1.165, 1.54) is 0 Å². The summed E-state index contributed by atoms with van der Waals surface area (Å²) in [7, 11) is 0. The van der Waals surface area contributed by atoms with Crippen LogP contribution >= 0.6 is 0 Å². The fourth-order valence-electron chi connectivity index (χ4n) is 1.54. The van der Waals surface area contributed by atoms with E-state index in [0.29, 0.717) is 51.7 Å². The van der Waals surface area contributed by atoms with Crippen molar-refractivity contribution in [2.24, 2.45) is 0 Å². The van der Waals surface area contributed by atoms with Crippen LogP contribution in [0.1, 0.15) is 65.2 Å². The van der Waals surface area contributed by atoms with Crippen molar-refractivity contribution < 1.29 is 19.1 Å². The van der Waals surface area contributed by atoms with Crippen molar-refractivity contribution in [3.8, 4) is 23.7 Å². The first-order valence-corrected chi connectivity index (χ1v) is 7.93. The van der Waals surface area contributed by atoms with E-state index in [9.17, 15) is 9.59 Å². The fourth-order valence-corrected chi connectivity index (χ4v) is 1.54. The van der Waals surface area contributed by atoms with E-state index in [2.05, 4.69) is 23.7 Å². The van der Waals surface area contributed by atoms with Crippen molar-refractivity contribution in [1.29, 1.82) is 0 Å². The molecule has 4 nitrogen and oxygen atoms in total. The van der Waals surface area contributed by atoms with Crippen LogP contribution in [0.4, 0.5) is 0 Å². The van der Waals surface area contributed by atoms with Gasteiger partial charge in [-0.2, -0.15) is 0 Å². The smallest absolute Gasteiger partial charge is 0.305 e. The summed E-state index contributed by atoms with van der Waals surface area (Å²) in [4.78, 5) is 22.8. The Balaban J connectivity index is 3.46. The predicted octanol–water partition coefficient (Wildman–Crippen LogP) is 3.24. The Kier molecular flexibility index (Phi) is 14.1. The van der Waals surface area contributed by atoms with E-state index >= 15 is 0 Å². The van der Waals surface area contributed by atoms with E-state index in [1.54, 1.807) is 0 Å². The SMILES string of the molecule is CCC#CCCOC(=O)CCCCC(=O)OCCC#CCC. The minimum Gasteiger partial charge on any atom is -0.465 e. The molecular formula is C18H26O4. The van der Waals surface area contributed by atoms with Gasteiger partial charge in [0, 0.05) is 38.5 Å². The van der Waals surface area contributed by atoms with E-state index < -0.39 is 0 Å². The lowest BCUT2D eigenvalue weighted by atomic mass is 10.2. The summed E-state index contributed by atoms with van der Waals surface area (Å²) < 4.78 is 10.1. The highest BCUT2D eigenvalue weighted by molar-refractivity contribution is 5.70. The molecule has 0 aliphatic rings. The van der Waals surface area contributed by atoms with Gasteiger partial charge in [0.1, 0.15) is 13.2 Å². The monoisotopic (exact) mass is 306 g/mol. The van der Waals surface area contributed by atoms with E-state index in [0.717, 1.165) is 12.8 Å². The average Bonchev–Trinajstić information content (AvgIpc) is 2.51. The third kappa shape index (κ3) is 14.5. The van der Waals surface area contributed by atoms with Gasteiger partial charge >= 0.3 is 11.9 Å². The van der Waals surface area contributed by atoms with Crippen LogP contribution in [0.25, 0.3) is 0 Å². The Morgan fingerprint density at radius 2 is 1.14 bits per heavy atom. The Labute approximate surface area is 133 Å². The number of ether oxygens (including phenoxy) is 2. The summed E-state index contributed by atoms with van der Waals surface area (Å²) in [6.07, 6.45) is 4.70. The number of hydrogen-bond acceptors (Lipinski definition) is 4. The summed E-state index contributed by atoms with van der Waals surface area (Å²) in [5, 5.41) is 0. The quantitative estimate of drug-likeness (QED) is 0.373. The maximum absolute atomic E-state index is 11.4. The van der Waals surface area contributed by atoms with Crippen LogP contribution in [0.2, 0.25) is 0 Å². The largest absolute Gasteiger partial charge is 0.465 e. The Morgan fingerprint density at radius 3 is 1.50 bits per heavy atom. The second-order valence-electron chi connectivity index (χ2n) is 4.56. The van der Waals surface area contributed by atoms with Crippen molar-refractivity contribution in [3.05, 3.63) is 0 Å². The summed E-state index contributed by atoms with van der Waals surface area (Å²) in [5.74, 6) is 11.2. The standard InChI is InChI=1S/C18H26O4/c1-3-5-7-11-15-21-17(19)13-9-10-14-18(20)22-16-12-8-6-4-2/h3-4,9-16H2,1-2H3. The van der Waals surface area contributed by atoms with Gasteiger partial charge < -0.3 is 9.47 Å². The second kappa shape index (κ2) is 15.4. The third-order valence-electron chi connectivity index (χ3n) is 2.60. The summed E-state index contributed by atoms with van der Waals surface area (Å²) >= 11 is 0.